The highest BCUT2D eigenvalue weighted by Crippen LogP contribution is 2.29. The third-order valence-corrected chi connectivity index (χ3v) is 2.94. The van der Waals surface area contributed by atoms with Crippen molar-refractivity contribution in [2.45, 2.75) is 25.2 Å². The van der Waals surface area contributed by atoms with Gasteiger partial charge in [0, 0.05) is 12.4 Å². The maximum Gasteiger partial charge on any atom is 0.446 e. The van der Waals surface area contributed by atoms with Crippen LogP contribution in [-0.4, -0.2) is 30.5 Å². The Labute approximate surface area is 135 Å². The van der Waals surface area contributed by atoms with Crippen LogP contribution in [0.15, 0.2) is 18.5 Å². The van der Waals surface area contributed by atoms with Crippen molar-refractivity contribution in [2.24, 2.45) is 5.92 Å². The summed E-state index contributed by atoms with van der Waals surface area (Å²) in [5.74, 6) is 0.435. The van der Waals surface area contributed by atoms with Gasteiger partial charge in [-0.3, -0.25) is 9.78 Å². The number of alkyl halides is 6. The van der Waals surface area contributed by atoms with E-state index in [1.807, 2.05) is 0 Å². The molecule has 0 saturated carbocycles. The molecule has 0 spiro atoms. The zero-order valence-electron chi connectivity index (χ0n) is 11.8. The van der Waals surface area contributed by atoms with Gasteiger partial charge in [0.1, 0.15) is 0 Å². The van der Waals surface area contributed by atoms with Gasteiger partial charge in [0.25, 0.3) is 0 Å². The molecule has 1 aromatic heterocycles. The van der Waals surface area contributed by atoms with Gasteiger partial charge in [0.05, 0.1) is 5.56 Å². The van der Waals surface area contributed by atoms with Crippen molar-refractivity contribution in [2.75, 3.05) is 13.1 Å². The van der Waals surface area contributed by atoms with Gasteiger partial charge in [-0.2, -0.15) is 39.8 Å². The van der Waals surface area contributed by atoms with E-state index in [1.165, 1.54) is 12.3 Å². The average Bonchev–Trinajstić information content (AvgIpc) is 2.91. The molecule has 1 atom stereocenters. The number of carbonyl (C=O) groups is 1. The second-order valence-corrected chi connectivity index (χ2v) is 4.80. The van der Waals surface area contributed by atoms with Crippen LogP contribution in [-0.2, 0) is 17.4 Å². The van der Waals surface area contributed by atoms with E-state index >= 15 is 0 Å². The zero-order valence-corrected chi connectivity index (χ0v) is 12.8. The van der Waals surface area contributed by atoms with Crippen molar-refractivity contribution < 1.29 is 31.1 Å². The first-order valence-corrected chi connectivity index (χ1v) is 6.36. The number of hydrogen-bond acceptors (Lipinski definition) is 3. The molecule has 0 aliphatic carbocycles. The molecule has 23 heavy (non-hydrogen) atoms. The lowest BCUT2D eigenvalue weighted by atomic mass is 9.99. The summed E-state index contributed by atoms with van der Waals surface area (Å²) in [6.07, 6.45) is -5.91. The van der Waals surface area contributed by atoms with Crippen molar-refractivity contribution in [3.8, 4) is 0 Å². The van der Waals surface area contributed by atoms with Crippen molar-refractivity contribution >= 4 is 19.8 Å². The van der Waals surface area contributed by atoms with E-state index in [2.05, 4.69) is 10.3 Å². The molecule has 10 heteroatoms. The second-order valence-electron chi connectivity index (χ2n) is 4.80. The molecule has 1 N–H and O–H groups in total. The number of carbonyl (C=O) groups excluding carboxylic acids is 1. The van der Waals surface area contributed by atoms with Gasteiger partial charge >= 0.3 is 12.4 Å². The Balaban J connectivity index is 0.000000599. The molecule has 1 saturated heterocycles. The maximum atomic E-state index is 12.4. The Morgan fingerprint density at radius 2 is 1.83 bits per heavy atom. The summed E-state index contributed by atoms with van der Waals surface area (Å²) in [6.45, 7) is 1.84. The number of halogens is 6. The van der Waals surface area contributed by atoms with Gasteiger partial charge in [0.15, 0.2) is 0 Å². The number of nitrogens with zero attached hydrogens (tertiary/aromatic N) is 1. The van der Waals surface area contributed by atoms with Crippen LogP contribution in [0.1, 0.15) is 17.5 Å². The van der Waals surface area contributed by atoms with Crippen LogP contribution in [0.4, 0.5) is 26.3 Å². The predicted octanol–water partition coefficient (Wildman–Crippen LogP) is 3.11. The normalized spacial score (nSPS) is 17.7. The molecule has 1 fully saturated rings. The Morgan fingerprint density at radius 3 is 2.26 bits per heavy atom. The summed E-state index contributed by atoms with van der Waals surface area (Å²) in [6, 6.07) is 1.20. The summed E-state index contributed by atoms with van der Waals surface area (Å²) >= 11 is 0. The van der Waals surface area contributed by atoms with E-state index in [0.717, 1.165) is 25.7 Å². The minimum absolute atomic E-state index is 0. The zero-order chi connectivity index (χ0) is 16.8. The van der Waals surface area contributed by atoms with Crippen LogP contribution in [0.3, 0.4) is 0 Å². The topological polar surface area (TPSA) is 42.0 Å². The lowest BCUT2D eigenvalue weighted by molar-refractivity contribution is -0.156. The van der Waals surface area contributed by atoms with Crippen molar-refractivity contribution in [3.63, 3.8) is 0 Å². The van der Waals surface area contributed by atoms with E-state index in [0.29, 0.717) is 17.9 Å². The molecule has 1 aromatic rings. The Morgan fingerprint density at radius 1 is 1.22 bits per heavy atom. The molecule has 0 radical (unpaired) electrons. The summed E-state index contributed by atoms with van der Waals surface area (Å²) in [7, 11) is 0. The first kappa shape index (κ1) is 21.7. The quantitative estimate of drug-likeness (QED) is 0.649. The molecule has 1 aliphatic rings. The highest BCUT2D eigenvalue weighted by Gasteiger charge is 2.31. The van der Waals surface area contributed by atoms with Gasteiger partial charge in [-0.15, -0.1) is 0 Å². The summed E-state index contributed by atoms with van der Waals surface area (Å²) < 4.78 is 68.5. The molecular weight excluding hydrogens is 346 g/mol. The van der Waals surface area contributed by atoms with Crippen LogP contribution in [0.25, 0.3) is 0 Å². The molecule has 132 valence electrons. The fourth-order valence-corrected chi connectivity index (χ4v) is 1.98. The number of aldehydes is 1. The van der Waals surface area contributed by atoms with Crippen molar-refractivity contribution in [3.05, 3.63) is 29.6 Å². The molecule has 2 heterocycles. The first-order chi connectivity index (χ1) is 10.1. The highest BCUT2D eigenvalue weighted by atomic mass is 32.1. The Bertz CT molecular complexity index is 486. The Hall–Kier alpha value is -1.29. The SMILES string of the molecule is FC(F)(F)c1cncc(C[C@H]2CCNC2)c1.O=CC(F)(F)F.S. The molecular formula is C13H16F6N2OS. The van der Waals surface area contributed by atoms with Gasteiger partial charge in [-0.05, 0) is 43.5 Å². The van der Waals surface area contributed by atoms with Crippen molar-refractivity contribution in [1.82, 2.24) is 10.3 Å². The predicted molar refractivity (Wildman–Crippen MR) is 76.4 cm³/mol. The van der Waals surface area contributed by atoms with E-state index in [4.69, 9.17) is 4.79 Å². The molecule has 2 rings (SSSR count). The second kappa shape index (κ2) is 9.11. The number of aromatic nitrogens is 1. The summed E-state index contributed by atoms with van der Waals surface area (Å²) in [5.41, 5.74) is 0.0134. The lowest BCUT2D eigenvalue weighted by Crippen LogP contribution is -2.12. The van der Waals surface area contributed by atoms with Gasteiger partial charge in [0.2, 0.25) is 6.29 Å². The number of nitrogens with one attached hydrogen (secondary N) is 1. The van der Waals surface area contributed by atoms with Crippen LogP contribution in [0.2, 0.25) is 0 Å². The van der Waals surface area contributed by atoms with E-state index in [1.54, 1.807) is 0 Å². The minimum Gasteiger partial charge on any atom is -0.316 e. The molecule has 3 nitrogen and oxygen atoms in total. The van der Waals surface area contributed by atoms with Gasteiger partial charge < -0.3 is 5.32 Å². The van der Waals surface area contributed by atoms with Crippen LogP contribution in [0, 0.1) is 5.92 Å². The number of hydrogen-bond donors (Lipinski definition) is 1. The largest absolute Gasteiger partial charge is 0.446 e. The van der Waals surface area contributed by atoms with Crippen LogP contribution in [0.5, 0.6) is 0 Å². The van der Waals surface area contributed by atoms with E-state index in [-0.39, 0.29) is 13.5 Å². The molecule has 0 aromatic carbocycles. The van der Waals surface area contributed by atoms with Gasteiger partial charge in [-0.25, -0.2) is 0 Å². The lowest BCUT2D eigenvalue weighted by Gasteiger charge is -2.10. The Kier molecular flexibility index (Phi) is 8.60. The van der Waals surface area contributed by atoms with Crippen LogP contribution >= 0.6 is 13.5 Å². The molecule has 0 amide bonds. The fourth-order valence-electron chi connectivity index (χ4n) is 1.98. The smallest absolute Gasteiger partial charge is 0.316 e. The number of pyridine rings is 1. The van der Waals surface area contributed by atoms with Gasteiger partial charge in [-0.1, -0.05) is 0 Å². The minimum atomic E-state index is -4.64. The number of rotatable bonds is 2. The summed E-state index contributed by atoms with van der Waals surface area (Å²) in [5, 5.41) is 3.19. The molecule has 0 unspecified atom stereocenters. The molecule has 0 bridgehead atoms. The summed E-state index contributed by atoms with van der Waals surface area (Å²) in [4.78, 5) is 12.4. The highest BCUT2D eigenvalue weighted by molar-refractivity contribution is 7.59. The van der Waals surface area contributed by atoms with E-state index in [9.17, 15) is 26.3 Å². The average molecular weight is 362 g/mol. The first-order valence-electron chi connectivity index (χ1n) is 6.36. The maximum absolute atomic E-state index is 12.4. The fraction of sp³-hybridized carbons (Fsp3) is 0.538. The van der Waals surface area contributed by atoms with Crippen molar-refractivity contribution in [1.29, 1.82) is 0 Å². The monoisotopic (exact) mass is 362 g/mol. The third-order valence-electron chi connectivity index (χ3n) is 2.94. The third kappa shape index (κ3) is 8.80. The van der Waals surface area contributed by atoms with E-state index < -0.39 is 24.2 Å². The standard InChI is InChI=1S/C11H13F3N2.C2HF3O.H2S/c12-11(13,14)10-4-9(6-16-7-10)3-8-1-2-15-5-8;3-2(4,5)1-6;/h4,6-8,15H,1-3,5H2;1H;1H2/t8-;;/m1../s1. The molecule has 1 aliphatic heterocycles. The van der Waals surface area contributed by atoms with Crippen LogP contribution < -0.4 is 5.32 Å².